The fraction of sp³-hybridized carbons (Fsp3) is 0.318. The van der Waals surface area contributed by atoms with Gasteiger partial charge in [0.2, 0.25) is 5.91 Å². The van der Waals surface area contributed by atoms with Crippen LogP contribution in [0, 0.1) is 5.92 Å². The van der Waals surface area contributed by atoms with Crippen LogP contribution in [0.25, 0.3) is 0 Å². The third kappa shape index (κ3) is 3.44. The van der Waals surface area contributed by atoms with E-state index in [4.69, 9.17) is 19.0 Å². The zero-order valence-corrected chi connectivity index (χ0v) is 16.4. The molecule has 3 heterocycles. The topological polar surface area (TPSA) is 90.7 Å². The van der Waals surface area contributed by atoms with Crippen molar-refractivity contribution >= 4 is 17.3 Å². The van der Waals surface area contributed by atoms with Gasteiger partial charge in [0, 0.05) is 5.56 Å². The molecule has 154 valence electrons. The van der Waals surface area contributed by atoms with Gasteiger partial charge in [0.05, 0.1) is 31.8 Å². The van der Waals surface area contributed by atoms with Gasteiger partial charge in [-0.15, -0.1) is 0 Å². The number of amides is 1. The van der Waals surface area contributed by atoms with Crippen molar-refractivity contribution in [2.45, 2.75) is 24.9 Å². The van der Waals surface area contributed by atoms with E-state index in [1.807, 2.05) is 54.6 Å². The van der Waals surface area contributed by atoms with Gasteiger partial charge in [0.25, 0.3) is 0 Å². The van der Waals surface area contributed by atoms with Crippen LogP contribution in [-0.4, -0.2) is 49.5 Å². The summed E-state index contributed by atoms with van der Waals surface area (Å²) in [6, 6.07) is 17.1. The van der Waals surface area contributed by atoms with E-state index in [0.29, 0.717) is 12.3 Å². The molecular formula is C22H21N3O5. The van der Waals surface area contributed by atoms with Gasteiger partial charge in [-0.05, 0) is 29.8 Å². The van der Waals surface area contributed by atoms with Crippen molar-refractivity contribution < 1.29 is 23.8 Å². The van der Waals surface area contributed by atoms with Gasteiger partial charge in [-0.25, -0.2) is 5.43 Å². The molecule has 3 aliphatic rings. The molecule has 0 unspecified atom stereocenters. The molecule has 1 N–H and O–H groups in total. The van der Waals surface area contributed by atoms with Gasteiger partial charge < -0.3 is 19.0 Å². The summed E-state index contributed by atoms with van der Waals surface area (Å²) >= 11 is 0. The number of hydrazone groups is 1. The van der Waals surface area contributed by atoms with Crippen LogP contribution in [0.3, 0.4) is 0 Å². The van der Waals surface area contributed by atoms with E-state index in [0.717, 1.165) is 22.6 Å². The molecule has 8 nitrogen and oxygen atoms in total. The van der Waals surface area contributed by atoms with Crippen molar-refractivity contribution in [3.63, 3.8) is 0 Å². The van der Waals surface area contributed by atoms with Crippen LogP contribution in [0.15, 0.2) is 64.9 Å². The Morgan fingerprint density at radius 1 is 1.20 bits per heavy atom. The molecule has 3 aliphatic heterocycles. The van der Waals surface area contributed by atoms with Gasteiger partial charge >= 0.3 is 0 Å². The number of oxime groups is 1. The molecule has 2 bridgehead atoms. The minimum absolute atomic E-state index is 0.216. The molecule has 2 fully saturated rings. The van der Waals surface area contributed by atoms with Crippen LogP contribution in [0.5, 0.6) is 5.75 Å². The van der Waals surface area contributed by atoms with Crippen LogP contribution >= 0.6 is 0 Å². The number of rotatable bonds is 5. The van der Waals surface area contributed by atoms with Gasteiger partial charge in [-0.3, -0.25) is 4.79 Å². The van der Waals surface area contributed by atoms with Crippen molar-refractivity contribution in [3.05, 3.63) is 65.7 Å². The maximum absolute atomic E-state index is 12.4. The highest BCUT2D eigenvalue weighted by Crippen LogP contribution is 2.38. The van der Waals surface area contributed by atoms with E-state index in [-0.39, 0.29) is 30.5 Å². The summed E-state index contributed by atoms with van der Waals surface area (Å²) in [5.41, 5.74) is 5.75. The Morgan fingerprint density at radius 3 is 2.77 bits per heavy atom. The highest BCUT2D eigenvalue weighted by atomic mass is 16.7. The molecule has 2 aromatic carbocycles. The number of hydrogen-bond donors (Lipinski definition) is 1. The highest BCUT2D eigenvalue weighted by Gasteiger charge is 2.55. The first-order valence-electron chi connectivity index (χ1n) is 9.78. The minimum Gasteiger partial charge on any atom is -0.497 e. The number of nitrogens with one attached hydrogen (secondary N) is 1. The van der Waals surface area contributed by atoms with Crippen LogP contribution in [-0.2, 0) is 25.5 Å². The molecule has 2 aromatic rings. The van der Waals surface area contributed by atoms with Crippen molar-refractivity contribution in [3.8, 4) is 5.75 Å². The second-order valence-electron chi connectivity index (χ2n) is 7.33. The largest absolute Gasteiger partial charge is 0.497 e. The quantitative estimate of drug-likeness (QED) is 0.765. The van der Waals surface area contributed by atoms with E-state index in [1.54, 1.807) is 7.11 Å². The maximum atomic E-state index is 12.4. The first-order chi connectivity index (χ1) is 14.7. The number of methoxy groups -OCH3 is 1. The minimum atomic E-state index is -0.626. The van der Waals surface area contributed by atoms with Crippen LogP contribution in [0.4, 0.5) is 0 Å². The summed E-state index contributed by atoms with van der Waals surface area (Å²) in [5.74, 6) is 0.279. The Hall–Kier alpha value is -3.23. The molecule has 0 aromatic heterocycles. The molecule has 0 aliphatic carbocycles. The first kappa shape index (κ1) is 18.8. The molecule has 30 heavy (non-hydrogen) atoms. The molecule has 4 atom stereocenters. The third-order valence-corrected chi connectivity index (χ3v) is 5.44. The van der Waals surface area contributed by atoms with Crippen LogP contribution in [0.2, 0.25) is 0 Å². The van der Waals surface area contributed by atoms with Crippen molar-refractivity contribution in [1.82, 2.24) is 5.43 Å². The molecule has 0 radical (unpaired) electrons. The number of nitrogens with zero attached hydrogens (tertiary/aromatic N) is 2. The maximum Gasteiger partial charge on any atom is 0.244 e. The van der Waals surface area contributed by atoms with E-state index in [1.165, 1.54) is 0 Å². The lowest BCUT2D eigenvalue weighted by Crippen LogP contribution is -2.49. The summed E-state index contributed by atoms with van der Waals surface area (Å²) in [5, 5.41) is 8.71. The third-order valence-electron chi connectivity index (χ3n) is 5.44. The average Bonchev–Trinajstić information content (AvgIpc) is 3.41. The normalized spacial score (nSPS) is 27.9. The first-order valence-corrected chi connectivity index (χ1v) is 9.78. The molecule has 8 heteroatoms. The predicted molar refractivity (Wildman–Crippen MR) is 108 cm³/mol. The second-order valence-corrected chi connectivity index (χ2v) is 7.33. The van der Waals surface area contributed by atoms with Gasteiger partial charge in [-0.1, -0.05) is 35.5 Å². The Labute approximate surface area is 173 Å². The van der Waals surface area contributed by atoms with Gasteiger partial charge in [0.15, 0.2) is 12.4 Å². The van der Waals surface area contributed by atoms with Crippen LogP contribution < -0.4 is 10.2 Å². The number of carbonyl (C=O) groups is 1. The molecule has 0 saturated carbocycles. The SMILES string of the molecule is COc1ccc(C2=NO[C@@H]3[C@H]2/C(=N\NC(=O)Cc2ccccc2)[C@H]2OC[C@H]3O2)cc1. The molecular weight excluding hydrogens is 386 g/mol. The predicted octanol–water partition coefficient (Wildman–Crippen LogP) is 1.88. The monoisotopic (exact) mass is 407 g/mol. The lowest BCUT2D eigenvalue weighted by atomic mass is 9.84. The number of benzene rings is 2. The second kappa shape index (κ2) is 7.89. The summed E-state index contributed by atoms with van der Waals surface area (Å²) < 4.78 is 16.8. The molecule has 5 rings (SSSR count). The van der Waals surface area contributed by atoms with Crippen molar-refractivity contribution in [2.75, 3.05) is 13.7 Å². The standard InChI is InChI=1S/C22H21N3O5/c1-27-15-9-7-14(8-10-15)19-18-20(22-28-12-16(29-22)21(18)30-25-19)24-23-17(26)11-13-5-3-2-4-6-13/h2-10,16,18,21-22H,11-12H2,1H3,(H,23,26)/b24-20+/t16-,18-,21+,22+/m1/s1. The Bertz CT molecular complexity index is 990. The number of carbonyl (C=O) groups excluding carboxylic acids is 1. The van der Waals surface area contributed by atoms with Gasteiger partial charge in [-0.2, -0.15) is 5.10 Å². The zero-order chi connectivity index (χ0) is 20.5. The average molecular weight is 407 g/mol. The van der Waals surface area contributed by atoms with Crippen molar-refractivity contribution in [1.29, 1.82) is 0 Å². The smallest absolute Gasteiger partial charge is 0.244 e. The van der Waals surface area contributed by atoms with Gasteiger partial charge in [0.1, 0.15) is 17.6 Å². The number of ether oxygens (including phenoxy) is 3. The van der Waals surface area contributed by atoms with E-state index in [9.17, 15) is 4.79 Å². The van der Waals surface area contributed by atoms with E-state index in [2.05, 4.69) is 15.7 Å². The van der Waals surface area contributed by atoms with E-state index < -0.39 is 6.29 Å². The Balaban J connectivity index is 1.39. The summed E-state index contributed by atoms with van der Waals surface area (Å²) in [6.45, 7) is 0.397. The summed E-state index contributed by atoms with van der Waals surface area (Å²) in [7, 11) is 1.62. The highest BCUT2D eigenvalue weighted by molar-refractivity contribution is 6.17. The van der Waals surface area contributed by atoms with Crippen LogP contribution in [0.1, 0.15) is 11.1 Å². The Kier molecular flexibility index (Phi) is 4.94. The Morgan fingerprint density at radius 2 is 2.00 bits per heavy atom. The molecule has 2 saturated heterocycles. The lowest BCUT2D eigenvalue weighted by molar-refractivity contribution is -0.120. The lowest BCUT2D eigenvalue weighted by Gasteiger charge is -2.30. The number of hydrogen-bond acceptors (Lipinski definition) is 7. The summed E-state index contributed by atoms with van der Waals surface area (Å²) in [4.78, 5) is 18.1. The zero-order valence-electron chi connectivity index (χ0n) is 16.4. The fourth-order valence-corrected chi connectivity index (χ4v) is 3.94. The van der Waals surface area contributed by atoms with E-state index >= 15 is 0 Å². The fourth-order valence-electron chi connectivity index (χ4n) is 3.94. The van der Waals surface area contributed by atoms with Crippen molar-refractivity contribution in [2.24, 2.45) is 16.2 Å². The number of fused-ring (bicyclic) bond motifs is 4. The molecule has 0 spiro atoms. The summed E-state index contributed by atoms with van der Waals surface area (Å²) in [6.07, 6.45) is -0.959. The molecule has 1 amide bonds.